The lowest BCUT2D eigenvalue weighted by molar-refractivity contribution is 0.338. The van der Waals surface area contributed by atoms with E-state index in [4.69, 9.17) is 0 Å². The Morgan fingerprint density at radius 3 is 2.57 bits per heavy atom. The lowest BCUT2D eigenvalue weighted by Crippen LogP contribution is -2.15. The third kappa shape index (κ3) is 2.46. The van der Waals surface area contributed by atoms with Gasteiger partial charge in [-0.05, 0) is 36.7 Å². The average Bonchev–Trinajstić information content (AvgIpc) is 2.42. The molecular formula is C13H21F. The van der Waals surface area contributed by atoms with Crippen LogP contribution in [0.1, 0.15) is 46.5 Å². The van der Waals surface area contributed by atoms with E-state index in [1.54, 1.807) is 0 Å². The summed E-state index contributed by atoms with van der Waals surface area (Å²) in [4.78, 5) is 0. The van der Waals surface area contributed by atoms with Gasteiger partial charge in [0, 0.05) is 0 Å². The van der Waals surface area contributed by atoms with E-state index in [-0.39, 0.29) is 5.41 Å². The standard InChI is InChI=1S/C13H21F/c1-4-13(3,5-2)11-7-6-8-12(14)10-9-11/h6-7,9,12H,4-5,8,10H2,1-3H3. The van der Waals surface area contributed by atoms with Crippen LogP contribution in [0.2, 0.25) is 0 Å². The van der Waals surface area contributed by atoms with Crippen LogP contribution in [0.3, 0.4) is 0 Å². The largest absolute Gasteiger partial charge is 0.247 e. The van der Waals surface area contributed by atoms with Crippen molar-refractivity contribution in [2.45, 2.75) is 52.6 Å². The van der Waals surface area contributed by atoms with E-state index in [9.17, 15) is 4.39 Å². The zero-order valence-corrected chi connectivity index (χ0v) is 9.52. The molecule has 1 aliphatic carbocycles. The second-order valence-electron chi connectivity index (χ2n) is 4.40. The minimum Gasteiger partial charge on any atom is -0.247 e. The predicted molar refractivity (Wildman–Crippen MR) is 60.0 cm³/mol. The van der Waals surface area contributed by atoms with Crippen LogP contribution < -0.4 is 0 Å². The molecule has 0 saturated heterocycles. The van der Waals surface area contributed by atoms with Gasteiger partial charge in [0.2, 0.25) is 0 Å². The second kappa shape index (κ2) is 4.77. The molecule has 1 unspecified atom stereocenters. The molecule has 0 N–H and O–H groups in total. The van der Waals surface area contributed by atoms with Crippen molar-refractivity contribution in [1.82, 2.24) is 0 Å². The SMILES string of the molecule is CCC(C)(CC)C1=CCC(F)CC=C1. The summed E-state index contributed by atoms with van der Waals surface area (Å²) in [5, 5.41) is 0. The van der Waals surface area contributed by atoms with Crippen LogP contribution >= 0.6 is 0 Å². The number of halogens is 1. The topological polar surface area (TPSA) is 0 Å². The first-order valence-electron chi connectivity index (χ1n) is 5.63. The third-order valence-corrected chi connectivity index (χ3v) is 3.54. The molecule has 0 saturated carbocycles. The quantitative estimate of drug-likeness (QED) is 0.626. The second-order valence-corrected chi connectivity index (χ2v) is 4.40. The van der Waals surface area contributed by atoms with E-state index in [1.807, 2.05) is 6.08 Å². The van der Waals surface area contributed by atoms with Crippen LogP contribution in [0.5, 0.6) is 0 Å². The Kier molecular flexibility index (Phi) is 3.91. The number of alkyl halides is 1. The first-order valence-corrected chi connectivity index (χ1v) is 5.63. The van der Waals surface area contributed by atoms with Crippen molar-refractivity contribution in [2.75, 3.05) is 0 Å². The van der Waals surface area contributed by atoms with E-state index in [0.29, 0.717) is 12.8 Å². The summed E-state index contributed by atoms with van der Waals surface area (Å²) < 4.78 is 13.1. The molecule has 1 rings (SSSR count). The van der Waals surface area contributed by atoms with Gasteiger partial charge >= 0.3 is 0 Å². The highest BCUT2D eigenvalue weighted by molar-refractivity contribution is 5.27. The lowest BCUT2D eigenvalue weighted by Gasteiger charge is -2.28. The highest BCUT2D eigenvalue weighted by Gasteiger charge is 2.24. The Morgan fingerprint density at radius 1 is 1.36 bits per heavy atom. The molecule has 0 heterocycles. The van der Waals surface area contributed by atoms with Crippen molar-refractivity contribution >= 4 is 0 Å². The smallest absolute Gasteiger partial charge is 0.107 e. The number of allylic oxidation sites excluding steroid dienone is 4. The Hall–Kier alpha value is -0.590. The fraction of sp³-hybridized carbons (Fsp3) is 0.692. The zero-order chi connectivity index (χ0) is 10.6. The van der Waals surface area contributed by atoms with Crippen molar-refractivity contribution in [3.63, 3.8) is 0 Å². The number of rotatable bonds is 3. The van der Waals surface area contributed by atoms with E-state index in [2.05, 4.69) is 32.9 Å². The molecule has 0 fully saturated rings. The Bertz CT molecular complexity index is 234. The Morgan fingerprint density at radius 2 is 2.00 bits per heavy atom. The highest BCUT2D eigenvalue weighted by atomic mass is 19.1. The van der Waals surface area contributed by atoms with Gasteiger partial charge in [-0.3, -0.25) is 0 Å². The molecule has 80 valence electrons. The van der Waals surface area contributed by atoms with Crippen LogP contribution in [-0.2, 0) is 0 Å². The van der Waals surface area contributed by atoms with Gasteiger partial charge < -0.3 is 0 Å². The van der Waals surface area contributed by atoms with Gasteiger partial charge in [0.15, 0.2) is 0 Å². The molecule has 0 bridgehead atoms. The summed E-state index contributed by atoms with van der Waals surface area (Å²) in [5.41, 5.74) is 1.56. The maximum atomic E-state index is 13.1. The van der Waals surface area contributed by atoms with Crippen molar-refractivity contribution < 1.29 is 4.39 Å². The summed E-state index contributed by atoms with van der Waals surface area (Å²) in [6.45, 7) is 6.67. The molecule has 0 radical (unpaired) electrons. The molecule has 1 atom stereocenters. The van der Waals surface area contributed by atoms with Crippen molar-refractivity contribution in [2.24, 2.45) is 5.41 Å². The molecule has 14 heavy (non-hydrogen) atoms. The van der Waals surface area contributed by atoms with Gasteiger partial charge in [-0.25, -0.2) is 4.39 Å². The van der Waals surface area contributed by atoms with E-state index in [0.717, 1.165) is 12.8 Å². The van der Waals surface area contributed by atoms with Gasteiger partial charge in [-0.1, -0.05) is 39.0 Å². The molecule has 1 aliphatic rings. The van der Waals surface area contributed by atoms with Gasteiger partial charge in [-0.15, -0.1) is 0 Å². The number of hydrogen-bond acceptors (Lipinski definition) is 0. The monoisotopic (exact) mass is 196 g/mol. The van der Waals surface area contributed by atoms with Crippen LogP contribution in [0.25, 0.3) is 0 Å². The fourth-order valence-corrected chi connectivity index (χ4v) is 1.87. The van der Waals surface area contributed by atoms with Crippen LogP contribution in [0.4, 0.5) is 4.39 Å². The van der Waals surface area contributed by atoms with E-state index < -0.39 is 6.17 Å². The summed E-state index contributed by atoms with van der Waals surface area (Å²) in [6, 6.07) is 0. The van der Waals surface area contributed by atoms with Crippen molar-refractivity contribution in [3.8, 4) is 0 Å². The third-order valence-electron chi connectivity index (χ3n) is 3.54. The fourth-order valence-electron chi connectivity index (χ4n) is 1.87. The molecule has 0 amide bonds. The normalized spacial score (nSPS) is 23.1. The highest BCUT2D eigenvalue weighted by Crippen LogP contribution is 2.36. The summed E-state index contributed by atoms with van der Waals surface area (Å²) in [6.07, 6.45) is 8.90. The molecule has 0 aromatic rings. The van der Waals surface area contributed by atoms with E-state index >= 15 is 0 Å². The maximum absolute atomic E-state index is 13.1. The average molecular weight is 196 g/mol. The summed E-state index contributed by atoms with van der Waals surface area (Å²) in [7, 11) is 0. The first-order chi connectivity index (χ1) is 6.62. The van der Waals surface area contributed by atoms with Crippen molar-refractivity contribution in [1.29, 1.82) is 0 Å². The van der Waals surface area contributed by atoms with Crippen LogP contribution in [0.15, 0.2) is 23.8 Å². The maximum Gasteiger partial charge on any atom is 0.107 e. The van der Waals surface area contributed by atoms with Gasteiger partial charge in [-0.2, -0.15) is 0 Å². The molecule has 1 heteroatoms. The lowest BCUT2D eigenvalue weighted by atomic mass is 9.77. The van der Waals surface area contributed by atoms with E-state index in [1.165, 1.54) is 5.57 Å². The van der Waals surface area contributed by atoms with Gasteiger partial charge in [0.1, 0.15) is 6.17 Å². The predicted octanol–water partition coefficient (Wildman–Crippen LogP) is 4.43. The summed E-state index contributed by atoms with van der Waals surface area (Å²) >= 11 is 0. The molecular weight excluding hydrogens is 175 g/mol. The zero-order valence-electron chi connectivity index (χ0n) is 9.52. The minimum atomic E-state index is -0.679. The first kappa shape index (κ1) is 11.5. The van der Waals surface area contributed by atoms with Gasteiger partial charge in [0.25, 0.3) is 0 Å². The molecule has 0 aliphatic heterocycles. The Balaban J connectivity index is 2.84. The molecule has 0 spiro atoms. The minimum absolute atomic E-state index is 0.237. The number of hydrogen-bond donors (Lipinski definition) is 0. The molecule has 0 aromatic carbocycles. The van der Waals surface area contributed by atoms with Gasteiger partial charge in [0.05, 0.1) is 0 Å². The molecule has 0 nitrogen and oxygen atoms in total. The van der Waals surface area contributed by atoms with Crippen LogP contribution in [-0.4, -0.2) is 6.17 Å². The Labute approximate surface area is 86.9 Å². The molecule has 0 aromatic heterocycles. The van der Waals surface area contributed by atoms with Crippen LogP contribution in [0, 0.1) is 5.41 Å². The summed E-state index contributed by atoms with van der Waals surface area (Å²) in [5.74, 6) is 0. The van der Waals surface area contributed by atoms with Crippen molar-refractivity contribution in [3.05, 3.63) is 23.8 Å².